The van der Waals surface area contributed by atoms with Crippen molar-refractivity contribution in [3.63, 3.8) is 0 Å². The first-order valence-electron chi connectivity index (χ1n) is 7.95. The van der Waals surface area contributed by atoms with Gasteiger partial charge in [-0.3, -0.25) is 0 Å². The van der Waals surface area contributed by atoms with Gasteiger partial charge in [-0.25, -0.2) is 4.98 Å². The zero-order chi connectivity index (χ0) is 16.9. The minimum absolute atomic E-state index is 0.224. The summed E-state index contributed by atoms with van der Waals surface area (Å²) in [5.41, 5.74) is 0. The van der Waals surface area contributed by atoms with Crippen LogP contribution >= 0.6 is 0 Å². The Labute approximate surface area is 141 Å². The molecule has 7 nitrogen and oxygen atoms in total. The van der Waals surface area contributed by atoms with Gasteiger partial charge >= 0.3 is 0 Å². The lowest BCUT2D eigenvalue weighted by atomic mass is 10.3. The summed E-state index contributed by atoms with van der Waals surface area (Å²) in [6, 6.07) is 6.60. The van der Waals surface area contributed by atoms with Crippen LogP contribution in [0.1, 0.15) is 0 Å². The van der Waals surface area contributed by atoms with Gasteiger partial charge in [0.05, 0.1) is 46.0 Å². The molecule has 0 radical (unpaired) electrons. The van der Waals surface area contributed by atoms with Crippen molar-refractivity contribution in [2.75, 3.05) is 46.2 Å². The molecule has 0 fully saturated rings. The Morgan fingerprint density at radius 2 is 1.46 bits per heavy atom. The van der Waals surface area contributed by atoms with Crippen molar-refractivity contribution in [2.24, 2.45) is 0 Å². The Balaban J connectivity index is 1.32. The van der Waals surface area contributed by atoms with Crippen LogP contribution in [0.15, 0.2) is 43.0 Å². The Morgan fingerprint density at radius 3 is 2.08 bits per heavy atom. The number of ether oxygens (including phenoxy) is 4. The van der Waals surface area contributed by atoms with E-state index in [2.05, 4.69) is 4.98 Å². The van der Waals surface area contributed by atoms with E-state index in [9.17, 15) is 0 Å². The number of rotatable bonds is 13. The van der Waals surface area contributed by atoms with E-state index in [4.69, 9.17) is 24.1 Å². The number of nitrogens with zero attached hydrogens (tertiary/aromatic N) is 2. The van der Waals surface area contributed by atoms with Gasteiger partial charge in [0.25, 0.3) is 0 Å². The number of hydrogen-bond acceptors (Lipinski definition) is 6. The van der Waals surface area contributed by atoms with Crippen LogP contribution in [0.4, 0.5) is 0 Å². The fourth-order valence-electron chi connectivity index (χ4n) is 1.89. The molecule has 0 saturated carbocycles. The Bertz CT molecular complexity index is 530. The van der Waals surface area contributed by atoms with Crippen molar-refractivity contribution in [3.05, 3.63) is 43.0 Å². The number of imidazole rings is 1. The molecule has 1 heterocycles. The van der Waals surface area contributed by atoms with E-state index in [0.717, 1.165) is 6.54 Å². The van der Waals surface area contributed by atoms with E-state index < -0.39 is 0 Å². The lowest BCUT2D eigenvalue weighted by Crippen LogP contribution is -2.13. The predicted octanol–water partition coefficient (Wildman–Crippen LogP) is 1.72. The van der Waals surface area contributed by atoms with Gasteiger partial charge < -0.3 is 28.6 Å². The van der Waals surface area contributed by atoms with Crippen LogP contribution in [-0.2, 0) is 20.8 Å². The molecule has 0 bridgehead atoms. The molecule has 0 aliphatic heterocycles. The molecule has 2 aromatic rings. The maximum Gasteiger partial charge on any atom is 0.119 e. The summed E-state index contributed by atoms with van der Waals surface area (Å²) in [7, 11) is 0. The van der Waals surface area contributed by atoms with Gasteiger partial charge in [0.15, 0.2) is 0 Å². The van der Waals surface area contributed by atoms with Gasteiger partial charge in [-0.15, -0.1) is 0 Å². The number of aromatic hydroxyl groups is 1. The topological polar surface area (TPSA) is 75.0 Å². The van der Waals surface area contributed by atoms with Gasteiger partial charge in [-0.05, 0) is 24.3 Å². The molecule has 0 aliphatic carbocycles. The van der Waals surface area contributed by atoms with E-state index in [-0.39, 0.29) is 5.75 Å². The lowest BCUT2D eigenvalue weighted by molar-refractivity contribution is 0.00819. The predicted molar refractivity (Wildman–Crippen MR) is 88.3 cm³/mol. The van der Waals surface area contributed by atoms with Crippen molar-refractivity contribution in [1.29, 1.82) is 0 Å². The largest absolute Gasteiger partial charge is 0.508 e. The molecule has 1 aromatic carbocycles. The molecule has 0 aliphatic rings. The Kier molecular flexibility index (Phi) is 8.70. The van der Waals surface area contributed by atoms with Crippen LogP contribution in [0.25, 0.3) is 0 Å². The van der Waals surface area contributed by atoms with Crippen molar-refractivity contribution in [3.8, 4) is 11.5 Å². The fourth-order valence-corrected chi connectivity index (χ4v) is 1.89. The van der Waals surface area contributed by atoms with Crippen LogP contribution in [0.5, 0.6) is 11.5 Å². The van der Waals surface area contributed by atoms with Gasteiger partial charge in [0, 0.05) is 18.9 Å². The zero-order valence-corrected chi connectivity index (χ0v) is 13.7. The molecular weight excluding hydrogens is 312 g/mol. The quantitative estimate of drug-likeness (QED) is 0.561. The Hall–Kier alpha value is -2.09. The fraction of sp³-hybridized carbons (Fsp3) is 0.471. The van der Waals surface area contributed by atoms with Crippen molar-refractivity contribution in [1.82, 2.24) is 9.55 Å². The number of benzene rings is 1. The third-order valence-electron chi connectivity index (χ3n) is 3.13. The summed E-state index contributed by atoms with van der Waals surface area (Å²) in [6.07, 6.45) is 5.42. The highest BCUT2D eigenvalue weighted by molar-refractivity contribution is 5.29. The van der Waals surface area contributed by atoms with Gasteiger partial charge in [0.1, 0.15) is 18.1 Å². The van der Waals surface area contributed by atoms with E-state index in [1.165, 1.54) is 0 Å². The van der Waals surface area contributed by atoms with E-state index in [0.29, 0.717) is 52.0 Å². The van der Waals surface area contributed by atoms with Crippen LogP contribution < -0.4 is 4.74 Å². The first kappa shape index (κ1) is 18.3. The molecule has 2 rings (SSSR count). The van der Waals surface area contributed by atoms with E-state index in [1.807, 2.05) is 10.8 Å². The first-order chi connectivity index (χ1) is 11.8. The molecule has 132 valence electrons. The lowest BCUT2D eigenvalue weighted by Gasteiger charge is -2.08. The smallest absolute Gasteiger partial charge is 0.119 e. The third-order valence-corrected chi connectivity index (χ3v) is 3.13. The number of phenolic OH excluding ortho intramolecular Hbond substituents is 1. The average molecular weight is 336 g/mol. The van der Waals surface area contributed by atoms with Gasteiger partial charge in [-0.1, -0.05) is 0 Å². The standard InChI is InChI=1S/C17H24N2O5/c20-16-1-3-17(4-2-16)24-14-13-23-12-11-22-10-9-21-8-7-19-6-5-18-15-19/h1-6,15,20H,7-14H2. The molecule has 0 spiro atoms. The van der Waals surface area contributed by atoms with Crippen molar-refractivity contribution < 1.29 is 24.1 Å². The van der Waals surface area contributed by atoms with Crippen molar-refractivity contribution in [2.45, 2.75) is 6.54 Å². The molecule has 0 saturated heterocycles. The summed E-state index contributed by atoms with van der Waals surface area (Å²) in [5, 5.41) is 9.15. The second-order valence-corrected chi connectivity index (χ2v) is 4.98. The average Bonchev–Trinajstić information content (AvgIpc) is 3.11. The van der Waals surface area contributed by atoms with E-state index >= 15 is 0 Å². The first-order valence-corrected chi connectivity index (χ1v) is 7.95. The van der Waals surface area contributed by atoms with Gasteiger partial charge in [0.2, 0.25) is 0 Å². The molecule has 24 heavy (non-hydrogen) atoms. The summed E-state index contributed by atoms with van der Waals surface area (Å²) < 4.78 is 23.7. The second kappa shape index (κ2) is 11.4. The summed E-state index contributed by atoms with van der Waals surface area (Å²) >= 11 is 0. The number of aromatic nitrogens is 2. The highest BCUT2D eigenvalue weighted by Gasteiger charge is 1.95. The molecule has 0 unspecified atom stereocenters. The van der Waals surface area contributed by atoms with Crippen LogP contribution in [0.3, 0.4) is 0 Å². The highest BCUT2D eigenvalue weighted by atomic mass is 16.6. The minimum Gasteiger partial charge on any atom is -0.508 e. The SMILES string of the molecule is Oc1ccc(OCCOCCOCCOCCn2ccnc2)cc1. The van der Waals surface area contributed by atoms with Crippen molar-refractivity contribution >= 4 is 0 Å². The monoisotopic (exact) mass is 336 g/mol. The molecule has 0 amide bonds. The summed E-state index contributed by atoms with van der Waals surface area (Å²) in [6.45, 7) is 4.57. The van der Waals surface area contributed by atoms with E-state index in [1.54, 1.807) is 36.8 Å². The van der Waals surface area contributed by atoms with Crippen LogP contribution in [0, 0.1) is 0 Å². The number of phenols is 1. The number of hydrogen-bond donors (Lipinski definition) is 1. The van der Waals surface area contributed by atoms with Crippen LogP contribution in [-0.4, -0.2) is 60.9 Å². The summed E-state index contributed by atoms with van der Waals surface area (Å²) in [5.74, 6) is 0.932. The maximum absolute atomic E-state index is 9.15. The molecule has 1 aromatic heterocycles. The normalized spacial score (nSPS) is 10.8. The zero-order valence-electron chi connectivity index (χ0n) is 13.7. The summed E-state index contributed by atoms with van der Waals surface area (Å²) in [4.78, 5) is 3.96. The molecule has 0 atom stereocenters. The molecule has 1 N–H and O–H groups in total. The molecular formula is C17H24N2O5. The molecule has 7 heteroatoms. The third kappa shape index (κ3) is 7.96. The Morgan fingerprint density at radius 1 is 0.833 bits per heavy atom. The highest BCUT2D eigenvalue weighted by Crippen LogP contribution is 2.15. The minimum atomic E-state index is 0.224. The van der Waals surface area contributed by atoms with Crippen LogP contribution in [0.2, 0.25) is 0 Å². The van der Waals surface area contributed by atoms with Gasteiger partial charge in [-0.2, -0.15) is 0 Å². The second-order valence-electron chi connectivity index (χ2n) is 4.98. The maximum atomic E-state index is 9.15.